The van der Waals surface area contributed by atoms with Gasteiger partial charge < -0.3 is 5.32 Å². The first-order valence-electron chi connectivity index (χ1n) is 4.56. The van der Waals surface area contributed by atoms with E-state index in [1.165, 1.54) is 17.7 Å². The number of nitrogens with zero attached hydrogens (tertiary/aromatic N) is 1. The Morgan fingerprint density at radius 2 is 2.46 bits per heavy atom. The van der Waals surface area contributed by atoms with Crippen molar-refractivity contribution in [1.82, 2.24) is 5.32 Å². The molecule has 0 amide bonds. The van der Waals surface area contributed by atoms with Crippen LogP contribution in [0.3, 0.4) is 0 Å². The summed E-state index contributed by atoms with van der Waals surface area (Å²) in [6.07, 6.45) is 2.78. The van der Waals surface area contributed by atoms with Gasteiger partial charge >= 0.3 is 0 Å². The molecule has 1 N–H and O–H groups in total. The Balaban J connectivity index is 1.76. The van der Waals surface area contributed by atoms with Crippen LogP contribution in [0.5, 0.6) is 0 Å². The molecule has 1 aromatic rings. The number of rotatable bonds is 4. The lowest BCUT2D eigenvalue weighted by molar-refractivity contribution is 0.643. The molecule has 1 heterocycles. The molecule has 1 aliphatic carbocycles. The minimum Gasteiger partial charge on any atom is -0.312 e. The van der Waals surface area contributed by atoms with Crippen LogP contribution in [0.1, 0.15) is 23.3 Å². The van der Waals surface area contributed by atoms with Crippen molar-refractivity contribution >= 4 is 11.3 Å². The fraction of sp³-hybridized carbons (Fsp3) is 0.500. The smallest absolute Gasteiger partial charge is 0.100 e. The highest BCUT2D eigenvalue weighted by atomic mass is 32.1. The molecular formula is C10H12N2S. The molecule has 1 fully saturated rings. The molecule has 0 saturated heterocycles. The highest BCUT2D eigenvalue weighted by Gasteiger charge is 2.20. The molecule has 0 aliphatic heterocycles. The second-order valence-electron chi connectivity index (χ2n) is 3.49. The molecule has 1 saturated carbocycles. The zero-order valence-corrected chi connectivity index (χ0v) is 8.23. The summed E-state index contributed by atoms with van der Waals surface area (Å²) in [6.45, 7) is 2.06. The molecule has 3 heteroatoms. The molecule has 1 aliphatic rings. The molecule has 0 radical (unpaired) electrons. The highest BCUT2D eigenvalue weighted by molar-refractivity contribution is 7.10. The standard InChI is InChI=1S/C10H12N2S/c11-4-9-3-10(13-7-9)6-12-5-8-1-2-8/h3,7-8,12H,1-2,5-6H2. The van der Waals surface area contributed by atoms with Gasteiger partial charge in [0.25, 0.3) is 0 Å². The average molecular weight is 192 g/mol. The van der Waals surface area contributed by atoms with Crippen molar-refractivity contribution in [3.05, 3.63) is 21.9 Å². The van der Waals surface area contributed by atoms with Crippen molar-refractivity contribution in [3.63, 3.8) is 0 Å². The third-order valence-electron chi connectivity index (χ3n) is 2.21. The predicted molar refractivity (Wildman–Crippen MR) is 53.5 cm³/mol. The summed E-state index contributed by atoms with van der Waals surface area (Å²) in [5, 5.41) is 13.9. The molecule has 2 nitrogen and oxygen atoms in total. The maximum atomic E-state index is 8.61. The Kier molecular flexibility index (Phi) is 2.62. The number of hydrogen-bond donors (Lipinski definition) is 1. The summed E-state index contributed by atoms with van der Waals surface area (Å²) in [4.78, 5) is 1.26. The lowest BCUT2D eigenvalue weighted by atomic mass is 10.3. The zero-order chi connectivity index (χ0) is 9.10. The largest absolute Gasteiger partial charge is 0.312 e. The summed E-state index contributed by atoms with van der Waals surface area (Å²) in [7, 11) is 0. The van der Waals surface area contributed by atoms with Gasteiger partial charge in [0.05, 0.1) is 5.56 Å². The summed E-state index contributed by atoms with van der Waals surface area (Å²) < 4.78 is 0. The minimum absolute atomic E-state index is 0.785. The Bertz CT molecular complexity index is 320. The van der Waals surface area contributed by atoms with Crippen LogP contribution in [0.15, 0.2) is 11.4 Å². The fourth-order valence-electron chi connectivity index (χ4n) is 1.25. The van der Waals surface area contributed by atoms with Crippen molar-refractivity contribution in [2.24, 2.45) is 5.92 Å². The van der Waals surface area contributed by atoms with Gasteiger partial charge in [0.1, 0.15) is 6.07 Å². The van der Waals surface area contributed by atoms with Gasteiger partial charge in [-0.15, -0.1) is 11.3 Å². The Morgan fingerprint density at radius 1 is 1.62 bits per heavy atom. The van der Waals surface area contributed by atoms with E-state index in [0.29, 0.717) is 0 Å². The molecular weight excluding hydrogens is 180 g/mol. The van der Waals surface area contributed by atoms with Gasteiger partial charge in [-0.1, -0.05) is 0 Å². The zero-order valence-electron chi connectivity index (χ0n) is 7.42. The quantitative estimate of drug-likeness (QED) is 0.793. The van der Waals surface area contributed by atoms with E-state index in [4.69, 9.17) is 5.26 Å². The Hall–Kier alpha value is -0.850. The second-order valence-corrected chi connectivity index (χ2v) is 4.48. The molecule has 13 heavy (non-hydrogen) atoms. The predicted octanol–water partition coefficient (Wildman–Crippen LogP) is 2.12. The summed E-state index contributed by atoms with van der Waals surface area (Å²) >= 11 is 1.66. The number of thiophene rings is 1. The summed E-state index contributed by atoms with van der Waals surface area (Å²) in [5.74, 6) is 0.926. The van der Waals surface area contributed by atoms with Crippen LogP contribution in [0.25, 0.3) is 0 Å². The van der Waals surface area contributed by atoms with Crippen molar-refractivity contribution in [2.75, 3.05) is 6.54 Å². The molecule has 0 unspecified atom stereocenters. The molecule has 68 valence electrons. The molecule has 2 rings (SSSR count). The van der Waals surface area contributed by atoms with Crippen LogP contribution in [0.2, 0.25) is 0 Å². The molecule has 0 atom stereocenters. The second kappa shape index (κ2) is 3.91. The molecule has 0 aromatic carbocycles. The normalized spacial score (nSPS) is 15.6. The third-order valence-corrected chi connectivity index (χ3v) is 3.15. The number of nitriles is 1. The first kappa shape index (κ1) is 8.74. The minimum atomic E-state index is 0.785. The topological polar surface area (TPSA) is 35.8 Å². The van der Waals surface area contributed by atoms with Crippen LogP contribution in [0.4, 0.5) is 0 Å². The molecule has 1 aromatic heterocycles. The van der Waals surface area contributed by atoms with E-state index in [9.17, 15) is 0 Å². The van der Waals surface area contributed by atoms with Gasteiger partial charge in [-0.3, -0.25) is 0 Å². The monoisotopic (exact) mass is 192 g/mol. The molecule has 0 bridgehead atoms. The van der Waals surface area contributed by atoms with E-state index >= 15 is 0 Å². The van der Waals surface area contributed by atoms with E-state index in [-0.39, 0.29) is 0 Å². The molecule has 0 spiro atoms. The maximum Gasteiger partial charge on any atom is 0.100 e. The van der Waals surface area contributed by atoms with E-state index in [0.717, 1.165) is 24.6 Å². The van der Waals surface area contributed by atoms with E-state index in [2.05, 4.69) is 11.4 Å². The lowest BCUT2D eigenvalue weighted by Gasteiger charge is -1.99. The van der Waals surface area contributed by atoms with Crippen LogP contribution >= 0.6 is 11.3 Å². The fourth-order valence-corrected chi connectivity index (χ4v) is 2.03. The van der Waals surface area contributed by atoms with Gasteiger partial charge in [-0.05, 0) is 31.4 Å². The van der Waals surface area contributed by atoms with Gasteiger partial charge in [-0.25, -0.2) is 0 Å². The third kappa shape index (κ3) is 2.55. The number of hydrogen-bond acceptors (Lipinski definition) is 3. The summed E-state index contributed by atoms with van der Waals surface area (Å²) in [6, 6.07) is 4.10. The lowest BCUT2D eigenvalue weighted by Crippen LogP contribution is -2.15. The van der Waals surface area contributed by atoms with Crippen molar-refractivity contribution in [2.45, 2.75) is 19.4 Å². The van der Waals surface area contributed by atoms with Gasteiger partial charge in [0.15, 0.2) is 0 Å². The average Bonchev–Trinajstić information content (AvgIpc) is 2.84. The van der Waals surface area contributed by atoms with Crippen LogP contribution in [-0.4, -0.2) is 6.54 Å². The SMILES string of the molecule is N#Cc1csc(CNCC2CC2)c1. The number of nitrogens with one attached hydrogen (secondary N) is 1. The first-order chi connectivity index (χ1) is 6.38. The van der Waals surface area contributed by atoms with E-state index < -0.39 is 0 Å². The van der Waals surface area contributed by atoms with Gasteiger partial charge in [0.2, 0.25) is 0 Å². The van der Waals surface area contributed by atoms with Crippen LogP contribution < -0.4 is 5.32 Å². The highest BCUT2D eigenvalue weighted by Crippen LogP contribution is 2.27. The Morgan fingerprint density at radius 3 is 3.08 bits per heavy atom. The van der Waals surface area contributed by atoms with E-state index in [1.807, 2.05) is 11.4 Å². The van der Waals surface area contributed by atoms with Gasteiger partial charge in [-0.2, -0.15) is 5.26 Å². The van der Waals surface area contributed by atoms with Crippen molar-refractivity contribution in [1.29, 1.82) is 5.26 Å². The van der Waals surface area contributed by atoms with Crippen molar-refractivity contribution in [3.8, 4) is 6.07 Å². The Labute approximate surface area is 82.2 Å². The van der Waals surface area contributed by atoms with Crippen molar-refractivity contribution < 1.29 is 0 Å². The van der Waals surface area contributed by atoms with Gasteiger partial charge in [0, 0.05) is 16.8 Å². The van der Waals surface area contributed by atoms with E-state index in [1.54, 1.807) is 11.3 Å². The summed E-state index contributed by atoms with van der Waals surface area (Å²) in [5.41, 5.74) is 0.785. The van der Waals surface area contributed by atoms with Crippen LogP contribution in [-0.2, 0) is 6.54 Å². The maximum absolute atomic E-state index is 8.61. The first-order valence-corrected chi connectivity index (χ1v) is 5.44. The van der Waals surface area contributed by atoms with Crippen LogP contribution in [0, 0.1) is 17.2 Å².